The topological polar surface area (TPSA) is 78.9 Å². The molecule has 0 radical (unpaired) electrons. The maximum atomic E-state index is 12.9. The molecule has 0 bridgehead atoms. The van der Waals surface area contributed by atoms with Crippen LogP contribution >= 0.6 is 0 Å². The van der Waals surface area contributed by atoms with Gasteiger partial charge in [-0.3, -0.25) is 14.4 Å². The molecular weight excluding hydrogens is 865 g/mol. The Balaban J connectivity index is 4.38. The van der Waals surface area contributed by atoms with Gasteiger partial charge in [0.1, 0.15) is 13.2 Å². The number of ether oxygens (including phenoxy) is 3. The Morgan fingerprint density at radius 2 is 0.529 bits per heavy atom. The third kappa shape index (κ3) is 55.8. The van der Waals surface area contributed by atoms with Gasteiger partial charge in [-0.05, 0) is 109 Å². The van der Waals surface area contributed by atoms with Crippen molar-refractivity contribution < 1.29 is 28.6 Å². The fourth-order valence-electron chi connectivity index (χ4n) is 8.34. The first-order chi connectivity index (χ1) is 34.5. The Kier molecular flexibility index (Phi) is 55.8. The molecule has 0 fully saturated rings. The van der Waals surface area contributed by atoms with E-state index in [1.165, 1.54) is 161 Å². The Labute approximate surface area is 433 Å². The molecule has 404 valence electrons. The van der Waals surface area contributed by atoms with Crippen molar-refractivity contribution in [1.82, 2.24) is 0 Å². The van der Waals surface area contributed by atoms with E-state index in [-0.39, 0.29) is 31.1 Å². The summed E-state index contributed by atoms with van der Waals surface area (Å²) in [7, 11) is 0. The van der Waals surface area contributed by atoms with Crippen LogP contribution in [0.15, 0.2) is 72.9 Å². The van der Waals surface area contributed by atoms with Crippen molar-refractivity contribution in [2.75, 3.05) is 13.2 Å². The molecule has 0 N–H and O–H groups in total. The molecule has 0 aliphatic rings. The lowest BCUT2D eigenvalue weighted by Crippen LogP contribution is -2.30. The molecule has 0 aromatic heterocycles. The maximum Gasteiger partial charge on any atom is 0.306 e. The van der Waals surface area contributed by atoms with Crippen LogP contribution in [-0.4, -0.2) is 37.2 Å². The summed E-state index contributed by atoms with van der Waals surface area (Å²) >= 11 is 0. The highest BCUT2D eigenvalue weighted by Gasteiger charge is 2.19. The van der Waals surface area contributed by atoms with E-state index in [4.69, 9.17) is 14.2 Å². The molecule has 0 spiro atoms. The Hall–Kier alpha value is -3.15. The number of carbonyl (C=O) groups is 3. The molecule has 0 saturated carbocycles. The minimum Gasteiger partial charge on any atom is -0.462 e. The summed E-state index contributed by atoms with van der Waals surface area (Å²) in [5.74, 6) is -0.901. The fraction of sp³-hybridized carbons (Fsp3) is 0.766. The average Bonchev–Trinajstić information content (AvgIpc) is 3.36. The Bertz CT molecular complexity index is 1310. The summed E-state index contributed by atoms with van der Waals surface area (Å²) in [6, 6.07) is 0. The minimum absolute atomic E-state index is 0.0848. The molecule has 0 heterocycles. The molecular formula is C64H112O6. The van der Waals surface area contributed by atoms with Gasteiger partial charge in [-0.25, -0.2) is 0 Å². The van der Waals surface area contributed by atoms with Crippen molar-refractivity contribution in [3.63, 3.8) is 0 Å². The molecule has 0 aliphatic heterocycles. The fourth-order valence-corrected chi connectivity index (χ4v) is 8.34. The predicted octanol–water partition coefficient (Wildman–Crippen LogP) is 20.2. The number of allylic oxidation sites excluding steroid dienone is 12. The number of hydrogen-bond acceptors (Lipinski definition) is 6. The van der Waals surface area contributed by atoms with E-state index in [0.717, 1.165) is 96.3 Å². The summed E-state index contributed by atoms with van der Waals surface area (Å²) in [6.45, 7) is 6.56. The van der Waals surface area contributed by atoms with Crippen LogP contribution in [0, 0.1) is 0 Å². The number of carbonyl (C=O) groups excluding carboxylic acids is 3. The van der Waals surface area contributed by atoms with E-state index in [1.54, 1.807) is 0 Å². The van der Waals surface area contributed by atoms with Crippen molar-refractivity contribution >= 4 is 17.9 Å². The van der Waals surface area contributed by atoms with Crippen molar-refractivity contribution in [3.8, 4) is 0 Å². The van der Waals surface area contributed by atoms with Gasteiger partial charge in [-0.1, -0.05) is 241 Å². The van der Waals surface area contributed by atoms with Gasteiger partial charge >= 0.3 is 17.9 Å². The first-order valence-electron chi connectivity index (χ1n) is 29.9. The molecule has 0 saturated heterocycles. The highest BCUT2D eigenvalue weighted by atomic mass is 16.6. The molecule has 6 heteroatoms. The molecule has 1 unspecified atom stereocenters. The third-order valence-corrected chi connectivity index (χ3v) is 12.9. The summed E-state index contributed by atoms with van der Waals surface area (Å²) in [5.41, 5.74) is 0. The van der Waals surface area contributed by atoms with Crippen LogP contribution in [0.1, 0.15) is 297 Å². The second-order valence-corrected chi connectivity index (χ2v) is 19.9. The molecule has 0 aromatic carbocycles. The number of esters is 3. The van der Waals surface area contributed by atoms with E-state index in [2.05, 4.69) is 93.7 Å². The second kappa shape index (κ2) is 58.4. The summed E-state index contributed by atoms with van der Waals surface area (Å²) < 4.78 is 16.9. The Morgan fingerprint density at radius 3 is 0.857 bits per heavy atom. The monoisotopic (exact) mass is 977 g/mol. The van der Waals surface area contributed by atoms with Gasteiger partial charge in [-0.2, -0.15) is 0 Å². The van der Waals surface area contributed by atoms with Crippen LogP contribution in [0.3, 0.4) is 0 Å². The van der Waals surface area contributed by atoms with E-state index in [0.29, 0.717) is 19.3 Å². The van der Waals surface area contributed by atoms with Gasteiger partial charge in [0.25, 0.3) is 0 Å². The van der Waals surface area contributed by atoms with Gasteiger partial charge < -0.3 is 14.2 Å². The molecule has 0 amide bonds. The normalized spacial score (nSPS) is 12.6. The summed E-state index contributed by atoms with van der Waals surface area (Å²) in [6.07, 6.45) is 74.6. The molecule has 6 nitrogen and oxygen atoms in total. The first-order valence-corrected chi connectivity index (χ1v) is 29.9. The van der Waals surface area contributed by atoms with Crippen LogP contribution in [0.2, 0.25) is 0 Å². The lowest BCUT2D eigenvalue weighted by Gasteiger charge is -2.18. The minimum atomic E-state index is -0.788. The molecule has 0 rings (SSSR count). The molecule has 0 aromatic rings. The number of unbranched alkanes of at least 4 members (excludes halogenated alkanes) is 31. The molecule has 70 heavy (non-hydrogen) atoms. The maximum absolute atomic E-state index is 12.9. The lowest BCUT2D eigenvalue weighted by molar-refractivity contribution is -0.167. The zero-order chi connectivity index (χ0) is 50.7. The van der Waals surface area contributed by atoms with Gasteiger partial charge in [0.05, 0.1) is 0 Å². The van der Waals surface area contributed by atoms with Crippen molar-refractivity contribution in [3.05, 3.63) is 72.9 Å². The standard InChI is InChI=1S/C64H112O6/c1-4-7-10-13-16-19-22-25-28-30-31-32-33-35-36-39-42-45-48-51-54-57-63(66)69-60-61(59-68-62(65)56-53-50-47-44-41-38-27-24-21-18-15-12-9-6-3)70-64(67)58-55-52-49-46-43-40-37-34-29-26-23-20-17-14-11-8-5-2/h15,17-18,20,22,24-27,29-31,61H,4-14,16,19,21,23,28,32-60H2,1-3H3/b18-15-,20-17-,25-22-,27-24-,29-26-,31-30-. The quantitative estimate of drug-likeness (QED) is 0.0261. The zero-order valence-corrected chi connectivity index (χ0v) is 46.3. The van der Waals surface area contributed by atoms with Crippen LogP contribution in [0.5, 0.6) is 0 Å². The van der Waals surface area contributed by atoms with E-state index in [9.17, 15) is 14.4 Å². The highest BCUT2D eigenvalue weighted by molar-refractivity contribution is 5.71. The smallest absolute Gasteiger partial charge is 0.306 e. The van der Waals surface area contributed by atoms with Crippen LogP contribution in [0.4, 0.5) is 0 Å². The lowest BCUT2D eigenvalue weighted by atomic mass is 10.1. The van der Waals surface area contributed by atoms with E-state index < -0.39 is 6.10 Å². The van der Waals surface area contributed by atoms with Crippen LogP contribution in [-0.2, 0) is 28.6 Å². The van der Waals surface area contributed by atoms with Gasteiger partial charge in [0.2, 0.25) is 0 Å². The second-order valence-electron chi connectivity index (χ2n) is 19.9. The van der Waals surface area contributed by atoms with Gasteiger partial charge in [0.15, 0.2) is 6.10 Å². The van der Waals surface area contributed by atoms with Crippen LogP contribution < -0.4 is 0 Å². The van der Waals surface area contributed by atoms with E-state index in [1.807, 2.05) is 0 Å². The summed E-state index contributed by atoms with van der Waals surface area (Å²) in [4.78, 5) is 38.2. The van der Waals surface area contributed by atoms with Gasteiger partial charge in [0, 0.05) is 19.3 Å². The molecule has 1 atom stereocenters. The summed E-state index contributed by atoms with van der Waals surface area (Å²) in [5, 5.41) is 0. The van der Waals surface area contributed by atoms with E-state index >= 15 is 0 Å². The number of hydrogen-bond donors (Lipinski definition) is 0. The van der Waals surface area contributed by atoms with Gasteiger partial charge in [-0.15, -0.1) is 0 Å². The largest absolute Gasteiger partial charge is 0.462 e. The number of rotatable bonds is 54. The SMILES string of the molecule is CCCC/C=C\C/C=C\CCCCCCCC(=O)OCC(COC(=O)CCCCCCCCCCC/C=C\C/C=C\CCCCCCC)OC(=O)CCCCCCCCC/C=C\C/C=C\CCCCC. The zero-order valence-electron chi connectivity index (χ0n) is 46.3. The highest BCUT2D eigenvalue weighted by Crippen LogP contribution is 2.15. The van der Waals surface area contributed by atoms with Crippen molar-refractivity contribution in [2.24, 2.45) is 0 Å². The average molecular weight is 978 g/mol. The third-order valence-electron chi connectivity index (χ3n) is 12.9. The molecule has 0 aliphatic carbocycles. The van der Waals surface area contributed by atoms with Crippen molar-refractivity contribution in [2.45, 2.75) is 303 Å². The Morgan fingerprint density at radius 1 is 0.286 bits per heavy atom. The van der Waals surface area contributed by atoms with Crippen molar-refractivity contribution in [1.29, 1.82) is 0 Å². The van der Waals surface area contributed by atoms with Crippen LogP contribution in [0.25, 0.3) is 0 Å². The predicted molar refractivity (Wildman–Crippen MR) is 302 cm³/mol. The first kappa shape index (κ1) is 66.9.